The number of fused-ring (bicyclic) bond motifs is 1. The van der Waals surface area contributed by atoms with Crippen molar-refractivity contribution >= 4 is 33.3 Å². The molecule has 2 aliphatic rings. The average Bonchev–Trinajstić information content (AvgIpc) is 3.49. The number of benzene rings is 2. The lowest BCUT2D eigenvalue weighted by Crippen LogP contribution is -2.48. The van der Waals surface area contributed by atoms with Crippen molar-refractivity contribution in [1.82, 2.24) is 24.7 Å². The molecule has 222 valence electrons. The second kappa shape index (κ2) is 11.0. The molecule has 0 radical (unpaired) electrons. The predicted octanol–water partition coefficient (Wildman–Crippen LogP) is 4.89. The first kappa shape index (κ1) is 27.9. The number of anilines is 2. The van der Waals surface area contributed by atoms with Gasteiger partial charge in [-0.3, -0.25) is 4.68 Å². The van der Waals surface area contributed by atoms with Crippen molar-refractivity contribution in [3.05, 3.63) is 72.2 Å². The zero-order chi connectivity index (χ0) is 29.7. The number of rotatable bonds is 9. The third-order valence-electron chi connectivity index (χ3n) is 8.69. The molecule has 0 saturated heterocycles. The Hall–Kier alpha value is -3.90. The van der Waals surface area contributed by atoms with Crippen molar-refractivity contribution in [3.63, 3.8) is 0 Å². The molecule has 2 aromatic carbocycles. The summed E-state index contributed by atoms with van der Waals surface area (Å²) in [5.74, 6) is 0.876. The van der Waals surface area contributed by atoms with Crippen LogP contribution in [-0.2, 0) is 7.05 Å². The topological polar surface area (TPSA) is 141 Å². The summed E-state index contributed by atoms with van der Waals surface area (Å²) in [4.78, 5) is 14.6. The molecule has 2 saturated carbocycles. The van der Waals surface area contributed by atoms with Crippen LogP contribution >= 0.6 is 11.3 Å². The molecule has 2 aliphatic carbocycles. The Morgan fingerprint density at radius 2 is 1.84 bits per heavy atom. The number of thiazole rings is 1. The zero-order valence-corrected chi connectivity index (χ0v) is 24.9. The molecule has 7 rings (SSSR count). The number of nitrogens with zero attached hydrogens (tertiary/aromatic N) is 5. The smallest absolute Gasteiger partial charge is 0.225 e. The molecule has 4 atom stereocenters. The van der Waals surface area contributed by atoms with Gasteiger partial charge in [-0.2, -0.15) is 10.1 Å². The summed E-state index contributed by atoms with van der Waals surface area (Å²) in [5.41, 5.74) is 3.94. The Balaban J connectivity index is 1.25. The van der Waals surface area contributed by atoms with Crippen LogP contribution in [0.25, 0.3) is 31.9 Å². The van der Waals surface area contributed by atoms with E-state index in [1.54, 1.807) is 4.68 Å². The summed E-state index contributed by atoms with van der Waals surface area (Å²) < 4.78 is 2.83. The molecule has 3 heterocycles. The van der Waals surface area contributed by atoms with E-state index in [9.17, 15) is 15.3 Å². The van der Waals surface area contributed by atoms with Gasteiger partial charge in [0.15, 0.2) is 5.72 Å². The monoisotopic (exact) mass is 597 g/mol. The maximum absolute atomic E-state index is 11.5. The van der Waals surface area contributed by atoms with Gasteiger partial charge in [-0.05, 0) is 61.8 Å². The fourth-order valence-corrected chi connectivity index (χ4v) is 7.16. The molecular weight excluding hydrogens is 562 g/mol. The molecule has 3 aromatic heterocycles. The normalized spacial score (nSPS) is 22.6. The van der Waals surface area contributed by atoms with E-state index in [0.29, 0.717) is 35.4 Å². The molecule has 5 N–H and O–H groups in total. The third kappa shape index (κ3) is 5.38. The first-order valence-corrected chi connectivity index (χ1v) is 15.5. The number of aliphatic hydroxyl groups excluding tert-OH is 2. The van der Waals surface area contributed by atoms with Crippen LogP contribution in [-0.4, -0.2) is 58.5 Å². The number of aromatic nitrogens is 5. The van der Waals surface area contributed by atoms with Crippen LogP contribution in [0, 0.1) is 18.8 Å². The standard InChI is InChI=1S/C32H35N7O3S/c1-18-26(30-35-24-5-3-4-6-25(24)43-30)29(38-32(42)14-13-22(17-40)28(32)41)37-31(34-18)36-27(21-11-12-21)20-9-7-19(8-10-20)23-15-33-39(2)16-23/h3-10,15-16,21-22,27-28,40-42H,11-14,17H2,1-2H3,(H2,34,36,37,38)/t22-,27+,28-,32-/m1/s1. The van der Waals surface area contributed by atoms with Crippen molar-refractivity contribution < 1.29 is 15.3 Å². The Bertz CT molecular complexity index is 1730. The zero-order valence-electron chi connectivity index (χ0n) is 24.1. The predicted molar refractivity (Wildman–Crippen MR) is 168 cm³/mol. The number of aryl methyl sites for hydroxylation is 2. The number of aliphatic hydroxyl groups is 3. The molecule has 43 heavy (non-hydrogen) atoms. The highest BCUT2D eigenvalue weighted by molar-refractivity contribution is 7.21. The van der Waals surface area contributed by atoms with Gasteiger partial charge in [-0.25, -0.2) is 9.97 Å². The van der Waals surface area contributed by atoms with Gasteiger partial charge in [-0.15, -0.1) is 11.3 Å². The Morgan fingerprint density at radius 1 is 1.05 bits per heavy atom. The van der Waals surface area contributed by atoms with Crippen molar-refractivity contribution in [1.29, 1.82) is 0 Å². The van der Waals surface area contributed by atoms with Crippen LogP contribution < -0.4 is 10.6 Å². The highest BCUT2D eigenvalue weighted by atomic mass is 32.1. The quantitative estimate of drug-likeness (QED) is 0.150. The first-order chi connectivity index (χ1) is 20.8. The molecule has 0 bridgehead atoms. The molecular formula is C32H35N7O3S. The summed E-state index contributed by atoms with van der Waals surface area (Å²) in [6.07, 6.45) is 5.72. The summed E-state index contributed by atoms with van der Waals surface area (Å²) in [6, 6.07) is 16.5. The Morgan fingerprint density at radius 3 is 2.51 bits per heavy atom. The second-order valence-corrected chi connectivity index (χ2v) is 12.8. The van der Waals surface area contributed by atoms with Crippen LogP contribution in [0.1, 0.15) is 43.0 Å². The minimum atomic E-state index is -1.64. The maximum Gasteiger partial charge on any atom is 0.225 e. The number of hydrogen-bond acceptors (Lipinski definition) is 10. The minimum Gasteiger partial charge on any atom is -0.396 e. The van der Waals surface area contributed by atoms with Crippen molar-refractivity contribution in [3.8, 4) is 21.7 Å². The maximum atomic E-state index is 11.5. The summed E-state index contributed by atoms with van der Waals surface area (Å²) >= 11 is 1.53. The number of para-hydroxylation sites is 1. The van der Waals surface area contributed by atoms with Gasteiger partial charge in [0.05, 0.1) is 33.7 Å². The van der Waals surface area contributed by atoms with E-state index >= 15 is 0 Å². The van der Waals surface area contributed by atoms with Crippen LogP contribution in [0.5, 0.6) is 0 Å². The van der Waals surface area contributed by atoms with Gasteiger partial charge < -0.3 is 26.0 Å². The van der Waals surface area contributed by atoms with Crippen LogP contribution in [0.3, 0.4) is 0 Å². The van der Waals surface area contributed by atoms with Gasteiger partial charge in [-0.1, -0.05) is 36.4 Å². The van der Waals surface area contributed by atoms with E-state index in [1.807, 2.05) is 50.6 Å². The lowest BCUT2D eigenvalue weighted by molar-refractivity contribution is -0.0545. The largest absolute Gasteiger partial charge is 0.396 e. The molecule has 5 aromatic rings. The van der Waals surface area contributed by atoms with Gasteiger partial charge in [0, 0.05) is 31.3 Å². The number of hydrogen-bond donors (Lipinski definition) is 5. The molecule has 0 spiro atoms. The minimum absolute atomic E-state index is 0.0161. The van der Waals surface area contributed by atoms with Gasteiger partial charge in [0.25, 0.3) is 0 Å². The molecule has 2 fully saturated rings. The van der Waals surface area contributed by atoms with Gasteiger partial charge in [0.1, 0.15) is 16.9 Å². The fourth-order valence-electron chi connectivity index (χ4n) is 6.09. The van der Waals surface area contributed by atoms with Crippen molar-refractivity contribution in [2.75, 3.05) is 17.2 Å². The van der Waals surface area contributed by atoms with E-state index in [1.165, 1.54) is 11.3 Å². The van der Waals surface area contributed by atoms with E-state index in [4.69, 9.17) is 15.0 Å². The highest BCUT2D eigenvalue weighted by Crippen LogP contribution is 2.44. The van der Waals surface area contributed by atoms with Gasteiger partial charge >= 0.3 is 0 Å². The average molecular weight is 598 g/mol. The van der Waals surface area contributed by atoms with E-state index in [0.717, 1.165) is 44.8 Å². The lowest BCUT2D eigenvalue weighted by Gasteiger charge is -2.31. The Kier molecular flexibility index (Phi) is 7.13. The van der Waals surface area contributed by atoms with Crippen molar-refractivity contribution in [2.45, 2.75) is 50.5 Å². The van der Waals surface area contributed by atoms with E-state index in [-0.39, 0.29) is 19.1 Å². The fraction of sp³-hybridized carbons (Fsp3) is 0.375. The van der Waals surface area contributed by atoms with Crippen LogP contribution in [0.15, 0.2) is 60.9 Å². The SMILES string of the molecule is Cc1nc(N[C@@H](c2ccc(-c3cnn(C)c3)cc2)C2CC2)nc(N[C@@]2(O)CC[C@H](CO)[C@H]2O)c1-c1nc2ccccc2s1. The summed E-state index contributed by atoms with van der Waals surface area (Å²) in [6.45, 7) is 1.72. The Labute approximate surface area is 253 Å². The molecule has 0 amide bonds. The molecule has 0 aliphatic heterocycles. The molecule has 10 nitrogen and oxygen atoms in total. The van der Waals surface area contributed by atoms with Crippen molar-refractivity contribution in [2.24, 2.45) is 18.9 Å². The number of nitrogens with one attached hydrogen (secondary N) is 2. The second-order valence-electron chi connectivity index (χ2n) is 11.8. The van der Waals surface area contributed by atoms with Crippen LogP contribution in [0.4, 0.5) is 11.8 Å². The summed E-state index contributed by atoms with van der Waals surface area (Å²) in [5, 5.41) is 43.9. The van der Waals surface area contributed by atoms with E-state index < -0.39 is 17.7 Å². The first-order valence-electron chi connectivity index (χ1n) is 14.7. The molecule has 11 heteroatoms. The summed E-state index contributed by atoms with van der Waals surface area (Å²) in [7, 11) is 1.91. The highest BCUT2D eigenvalue weighted by Gasteiger charge is 2.47. The van der Waals surface area contributed by atoms with Gasteiger partial charge in [0.2, 0.25) is 5.95 Å². The van der Waals surface area contributed by atoms with E-state index in [2.05, 4.69) is 40.0 Å². The third-order valence-corrected chi connectivity index (χ3v) is 9.74. The van der Waals surface area contributed by atoms with Crippen LogP contribution in [0.2, 0.25) is 0 Å². The molecule has 0 unspecified atom stereocenters. The lowest BCUT2D eigenvalue weighted by atomic mass is 9.99.